The number of hydrogen-bond donors (Lipinski definition) is 0. The summed E-state index contributed by atoms with van der Waals surface area (Å²) in [5.74, 6) is 0. The summed E-state index contributed by atoms with van der Waals surface area (Å²) in [4.78, 5) is 0. The lowest BCUT2D eigenvalue weighted by Crippen LogP contribution is -1.74. The zero-order valence-corrected chi connectivity index (χ0v) is 7.22. The molecule has 0 aromatic carbocycles. The molecule has 0 aliphatic rings. The van der Waals surface area contributed by atoms with Crippen molar-refractivity contribution in [2.75, 3.05) is 0 Å². The summed E-state index contributed by atoms with van der Waals surface area (Å²) in [7, 11) is 0. The molecule has 0 saturated heterocycles. The van der Waals surface area contributed by atoms with E-state index in [1.807, 2.05) is 0 Å². The molecule has 0 fully saturated rings. The van der Waals surface area contributed by atoms with Crippen LogP contribution in [0.15, 0.2) is 23.8 Å². The molecule has 10 heavy (non-hydrogen) atoms. The molecule has 0 amide bonds. The summed E-state index contributed by atoms with van der Waals surface area (Å²) in [6.45, 7) is 6.29. The van der Waals surface area contributed by atoms with Crippen LogP contribution in [-0.2, 0) is 0 Å². The van der Waals surface area contributed by atoms with Crippen molar-refractivity contribution in [2.24, 2.45) is 0 Å². The summed E-state index contributed by atoms with van der Waals surface area (Å²) in [6, 6.07) is 0. The highest BCUT2D eigenvalue weighted by atomic mass is 13.9. The van der Waals surface area contributed by atoms with E-state index in [0.717, 1.165) is 0 Å². The molecule has 0 bridgehead atoms. The molecule has 0 heteroatoms. The van der Waals surface area contributed by atoms with Crippen molar-refractivity contribution in [2.45, 2.75) is 33.6 Å². The maximum Gasteiger partial charge on any atom is -0.0199 e. The normalized spacial score (nSPS) is 12.9. The van der Waals surface area contributed by atoms with Crippen molar-refractivity contribution in [3.8, 4) is 0 Å². The van der Waals surface area contributed by atoms with Crippen LogP contribution < -0.4 is 0 Å². The first kappa shape index (κ1) is 9.48. The SMILES string of the molecule is C[CH]C=C(C)CCC=CC. The largest absolute Gasteiger partial charge is 0.0917 e. The average Bonchev–Trinajstić information content (AvgIpc) is 1.89. The first-order chi connectivity index (χ1) is 4.81. The quantitative estimate of drug-likeness (QED) is 0.520. The fourth-order valence-electron chi connectivity index (χ4n) is 0.846. The second-order valence-corrected chi connectivity index (χ2v) is 2.45. The molecule has 0 N–H and O–H groups in total. The second kappa shape index (κ2) is 6.60. The molecule has 0 nitrogen and oxygen atoms in total. The molecule has 0 unspecified atom stereocenters. The molecule has 0 aliphatic carbocycles. The van der Waals surface area contributed by atoms with Crippen molar-refractivity contribution in [3.63, 3.8) is 0 Å². The molecule has 57 valence electrons. The third-order valence-corrected chi connectivity index (χ3v) is 1.39. The first-order valence-electron chi connectivity index (χ1n) is 3.87. The highest BCUT2D eigenvalue weighted by Crippen LogP contribution is 2.04. The Morgan fingerprint density at radius 1 is 1.30 bits per heavy atom. The lowest BCUT2D eigenvalue weighted by molar-refractivity contribution is 0.973. The van der Waals surface area contributed by atoms with E-state index in [1.165, 1.54) is 18.4 Å². The van der Waals surface area contributed by atoms with Crippen LogP contribution in [-0.4, -0.2) is 0 Å². The maximum atomic E-state index is 2.20. The van der Waals surface area contributed by atoms with Gasteiger partial charge in [-0.05, 0) is 33.1 Å². The third kappa shape index (κ3) is 5.61. The summed E-state index contributed by atoms with van der Waals surface area (Å²) in [5, 5.41) is 0. The summed E-state index contributed by atoms with van der Waals surface area (Å²) >= 11 is 0. The molecular formula is C10H17. The van der Waals surface area contributed by atoms with Crippen LogP contribution >= 0.6 is 0 Å². The van der Waals surface area contributed by atoms with E-state index in [1.54, 1.807) is 0 Å². The van der Waals surface area contributed by atoms with Gasteiger partial charge in [0.05, 0.1) is 0 Å². The van der Waals surface area contributed by atoms with E-state index in [0.29, 0.717) is 0 Å². The van der Waals surface area contributed by atoms with Crippen LogP contribution in [0.5, 0.6) is 0 Å². The van der Waals surface area contributed by atoms with Crippen LogP contribution in [0.2, 0.25) is 0 Å². The zero-order chi connectivity index (χ0) is 7.82. The van der Waals surface area contributed by atoms with E-state index in [2.05, 4.69) is 45.4 Å². The van der Waals surface area contributed by atoms with Gasteiger partial charge in [0.15, 0.2) is 0 Å². The van der Waals surface area contributed by atoms with E-state index >= 15 is 0 Å². The molecule has 1 radical (unpaired) electrons. The molecule has 0 aliphatic heterocycles. The Labute approximate surface area is 64.6 Å². The Morgan fingerprint density at radius 2 is 2.00 bits per heavy atom. The van der Waals surface area contributed by atoms with Crippen LogP contribution in [0.1, 0.15) is 33.6 Å². The lowest BCUT2D eigenvalue weighted by atomic mass is 10.1. The van der Waals surface area contributed by atoms with E-state index in [4.69, 9.17) is 0 Å². The van der Waals surface area contributed by atoms with Crippen LogP contribution in [0.3, 0.4) is 0 Å². The fraction of sp³-hybridized carbons (Fsp3) is 0.500. The predicted octanol–water partition coefficient (Wildman–Crippen LogP) is 3.51. The van der Waals surface area contributed by atoms with E-state index in [9.17, 15) is 0 Å². The van der Waals surface area contributed by atoms with Gasteiger partial charge in [0.25, 0.3) is 0 Å². The summed E-state index contributed by atoms with van der Waals surface area (Å²) in [6.07, 6.45) is 10.9. The van der Waals surface area contributed by atoms with Crippen molar-refractivity contribution in [1.82, 2.24) is 0 Å². The first-order valence-corrected chi connectivity index (χ1v) is 3.87. The average molecular weight is 137 g/mol. The molecule has 0 heterocycles. The number of hydrogen-bond acceptors (Lipinski definition) is 0. The molecule has 0 atom stereocenters. The van der Waals surface area contributed by atoms with Crippen LogP contribution in [0.4, 0.5) is 0 Å². The van der Waals surface area contributed by atoms with Crippen molar-refractivity contribution in [3.05, 3.63) is 30.2 Å². The monoisotopic (exact) mass is 137 g/mol. The second-order valence-electron chi connectivity index (χ2n) is 2.45. The molecule has 0 aromatic rings. The van der Waals surface area contributed by atoms with Gasteiger partial charge in [0.2, 0.25) is 0 Å². The Hall–Kier alpha value is -0.520. The summed E-state index contributed by atoms with van der Waals surface area (Å²) in [5.41, 5.74) is 1.46. The Morgan fingerprint density at radius 3 is 2.50 bits per heavy atom. The van der Waals surface area contributed by atoms with Crippen LogP contribution in [0, 0.1) is 6.42 Å². The smallest absolute Gasteiger partial charge is 0.0199 e. The maximum absolute atomic E-state index is 2.20. The molecule has 0 saturated carbocycles. The van der Waals surface area contributed by atoms with Gasteiger partial charge < -0.3 is 0 Å². The van der Waals surface area contributed by atoms with E-state index in [-0.39, 0.29) is 0 Å². The van der Waals surface area contributed by atoms with E-state index < -0.39 is 0 Å². The van der Waals surface area contributed by atoms with Crippen molar-refractivity contribution < 1.29 is 0 Å². The minimum Gasteiger partial charge on any atom is -0.0917 e. The van der Waals surface area contributed by atoms with Gasteiger partial charge in [-0.2, -0.15) is 0 Å². The highest BCUT2D eigenvalue weighted by molar-refractivity contribution is 5.05. The van der Waals surface area contributed by atoms with Gasteiger partial charge in [-0.15, -0.1) is 0 Å². The zero-order valence-electron chi connectivity index (χ0n) is 7.22. The minimum atomic E-state index is 1.17. The van der Waals surface area contributed by atoms with Crippen LogP contribution in [0.25, 0.3) is 0 Å². The molecule has 0 aromatic heterocycles. The van der Waals surface area contributed by atoms with Gasteiger partial charge in [-0.25, -0.2) is 0 Å². The van der Waals surface area contributed by atoms with Crippen molar-refractivity contribution in [1.29, 1.82) is 0 Å². The Bertz CT molecular complexity index is 118. The van der Waals surface area contributed by atoms with Crippen molar-refractivity contribution >= 4 is 0 Å². The third-order valence-electron chi connectivity index (χ3n) is 1.39. The van der Waals surface area contributed by atoms with Gasteiger partial charge in [0, 0.05) is 0 Å². The van der Waals surface area contributed by atoms with Gasteiger partial charge in [0.1, 0.15) is 0 Å². The highest BCUT2D eigenvalue weighted by Gasteiger charge is 1.84. The molecular weight excluding hydrogens is 120 g/mol. The molecule has 0 rings (SSSR count). The number of allylic oxidation sites excluding steroid dienone is 4. The fourth-order valence-corrected chi connectivity index (χ4v) is 0.846. The number of rotatable bonds is 4. The summed E-state index contributed by atoms with van der Waals surface area (Å²) < 4.78 is 0. The van der Waals surface area contributed by atoms with Gasteiger partial charge in [-0.1, -0.05) is 30.7 Å². The standard InChI is InChI=1S/C10H17/c1-4-6-7-9-10(3)8-5-2/h4-6,8H,7,9H2,1-3H3. The lowest BCUT2D eigenvalue weighted by Gasteiger charge is -1.94. The van der Waals surface area contributed by atoms with Gasteiger partial charge >= 0.3 is 0 Å². The minimum absolute atomic E-state index is 1.17. The Balaban J connectivity index is 3.38. The Kier molecular flexibility index (Phi) is 6.25. The molecule has 0 spiro atoms. The van der Waals surface area contributed by atoms with Gasteiger partial charge in [-0.3, -0.25) is 0 Å². The topological polar surface area (TPSA) is 0 Å². The predicted molar refractivity (Wildman–Crippen MR) is 47.8 cm³/mol.